The third kappa shape index (κ3) is 11.8. The van der Waals surface area contributed by atoms with E-state index in [-0.39, 0.29) is 0 Å². The Morgan fingerprint density at radius 3 is 2.71 bits per heavy atom. The van der Waals surface area contributed by atoms with Crippen molar-refractivity contribution in [1.29, 1.82) is 0 Å². The van der Waals surface area contributed by atoms with E-state index in [0.29, 0.717) is 13.2 Å². The van der Waals surface area contributed by atoms with Crippen molar-refractivity contribution in [2.45, 2.75) is 0 Å². The lowest BCUT2D eigenvalue weighted by molar-refractivity contribution is -0.184. The van der Waals surface area contributed by atoms with Crippen LogP contribution in [0.5, 0.6) is 0 Å². The van der Waals surface area contributed by atoms with E-state index < -0.39 is 0 Å². The van der Waals surface area contributed by atoms with E-state index in [9.17, 15) is 0 Å². The molecular weight excluding hydrogens is 220 g/mol. The molecule has 0 heterocycles. The summed E-state index contributed by atoms with van der Waals surface area (Å²) in [6.07, 6.45) is 5.32. The van der Waals surface area contributed by atoms with Crippen LogP contribution < -0.4 is 0 Å². The molecule has 14 heavy (non-hydrogen) atoms. The van der Waals surface area contributed by atoms with Crippen molar-refractivity contribution < 1.29 is 13.4 Å². The Bertz CT molecular complexity index is 171. The highest BCUT2D eigenvalue weighted by molar-refractivity contribution is 8.02. The van der Waals surface area contributed by atoms with Gasteiger partial charge in [-0.1, -0.05) is 18.2 Å². The molecule has 0 atom stereocenters. The second-order valence-corrected chi connectivity index (χ2v) is 3.43. The molecule has 0 aliphatic carbocycles. The fourth-order valence-electron chi connectivity index (χ4n) is 0.413. The van der Waals surface area contributed by atoms with Crippen LogP contribution in [0.3, 0.4) is 0 Å². The van der Waals surface area contributed by atoms with Crippen molar-refractivity contribution in [3.63, 3.8) is 0 Å². The monoisotopic (exact) mass is 234 g/mol. The molecule has 0 spiro atoms. The first kappa shape index (κ1) is 13.8. The first-order valence-corrected chi connectivity index (χ1v) is 5.69. The molecule has 0 aliphatic heterocycles. The Labute approximate surface area is 93.5 Å². The molecule has 0 amide bonds. The van der Waals surface area contributed by atoms with E-state index in [1.165, 1.54) is 0 Å². The Balaban J connectivity index is 3.00. The van der Waals surface area contributed by atoms with Gasteiger partial charge in [-0.25, -0.2) is 4.89 Å². The molecular formula is C9H14O3S2. The van der Waals surface area contributed by atoms with Crippen molar-refractivity contribution in [1.82, 2.24) is 0 Å². The van der Waals surface area contributed by atoms with Gasteiger partial charge < -0.3 is 0 Å². The molecule has 0 radical (unpaired) electrons. The zero-order valence-corrected chi connectivity index (χ0v) is 9.52. The summed E-state index contributed by atoms with van der Waals surface area (Å²) in [6, 6.07) is 0. The van der Waals surface area contributed by atoms with E-state index in [1.807, 2.05) is 17.6 Å². The lowest BCUT2D eigenvalue weighted by Crippen LogP contribution is -1.88. The van der Waals surface area contributed by atoms with Crippen LogP contribution in [0.1, 0.15) is 0 Å². The van der Waals surface area contributed by atoms with E-state index in [2.05, 4.69) is 22.4 Å². The fraction of sp³-hybridized carbons (Fsp3) is 0.333. The Kier molecular flexibility index (Phi) is 12.6. The van der Waals surface area contributed by atoms with Crippen LogP contribution in [0.15, 0.2) is 36.8 Å². The Morgan fingerprint density at radius 1 is 1.14 bits per heavy atom. The molecule has 0 saturated heterocycles. The largest absolute Gasteiger partial charge is 0.285 e. The van der Waals surface area contributed by atoms with E-state index in [1.54, 1.807) is 17.8 Å². The molecule has 0 saturated carbocycles. The number of hydrogen-bond donors (Lipinski definition) is 0. The van der Waals surface area contributed by atoms with Crippen molar-refractivity contribution in [3.8, 4) is 0 Å². The van der Waals surface area contributed by atoms with Gasteiger partial charge in [-0.2, -0.15) is 0 Å². The van der Waals surface area contributed by atoms with Gasteiger partial charge in [-0.05, 0) is 5.41 Å². The molecule has 3 nitrogen and oxygen atoms in total. The summed E-state index contributed by atoms with van der Waals surface area (Å²) in [5.74, 6) is 0.905. The highest BCUT2D eigenvalue weighted by Crippen LogP contribution is 2.06. The maximum absolute atomic E-state index is 4.97. The molecule has 0 N–H and O–H groups in total. The quantitative estimate of drug-likeness (QED) is 0.190. The highest BCUT2D eigenvalue weighted by atomic mass is 32.2. The maximum atomic E-state index is 4.97. The standard InChI is InChI=1S/C9H14O3S2/c1-3-6-10-12-14-11-7-5-9-13-8-4-2/h3-5,9H,1-2,6-8H2. The molecule has 0 aliphatic rings. The zero-order chi connectivity index (χ0) is 10.5. The molecule has 0 aromatic heterocycles. The van der Waals surface area contributed by atoms with Crippen LogP contribution in [0, 0.1) is 0 Å². The summed E-state index contributed by atoms with van der Waals surface area (Å²) >= 11 is 2.46. The fourth-order valence-corrected chi connectivity index (χ4v) is 1.14. The summed E-state index contributed by atoms with van der Waals surface area (Å²) in [6.45, 7) is 7.89. The van der Waals surface area contributed by atoms with Gasteiger partial charge >= 0.3 is 0 Å². The minimum atomic E-state index is 0.349. The Morgan fingerprint density at radius 2 is 2.00 bits per heavy atom. The highest BCUT2D eigenvalue weighted by Gasteiger charge is 1.87. The smallest absolute Gasteiger partial charge is 0.194 e. The third-order valence-electron chi connectivity index (χ3n) is 0.881. The topological polar surface area (TPSA) is 27.7 Å². The zero-order valence-electron chi connectivity index (χ0n) is 7.89. The lowest BCUT2D eigenvalue weighted by Gasteiger charge is -1.97. The van der Waals surface area contributed by atoms with Crippen LogP contribution in [0.2, 0.25) is 0 Å². The number of hydrogen-bond acceptors (Lipinski definition) is 5. The Hall–Kier alpha value is -0.200. The average Bonchev–Trinajstić information content (AvgIpc) is 2.21. The van der Waals surface area contributed by atoms with Crippen LogP contribution in [-0.2, 0) is 13.4 Å². The van der Waals surface area contributed by atoms with Gasteiger partial charge in [0.25, 0.3) is 0 Å². The first-order valence-electron chi connectivity index (χ1n) is 3.98. The molecule has 0 aromatic rings. The molecule has 0 aromatic carbocycles. The maximum Gasteiger partial charge on any atom is 0.194 e. The normalized spacial score (nSPS) is 10.6. The average molecular weight is 234 g/mol. The molecule has 0 unspecified atom stereocenters. The lowest BCUT2D eigenvalue weighted by atomic mass is 10.7. The summed E-state index contributed by atoms with van der Waals surface area (Å²) in [5.41, 5.74) is 0. The van der Waals surface area contributed by atoms with Crippen molar-refractivity contribution in [2.75, 3.05) is 19.0 Å². The second kappa shape index (κ2) is 12.8. The predicted octanol–water partition coefficient (Wildman–Crippen LogP) is 3.13. The summed E-state index contributed by atoms with van der Waals surface area (Å²) in [5, 5.41) is 1.95. The van der Waals surface area contributed by atoms with Crippen LogP contribution in [-0.4, -0.2) is 19.0 Å². The molecule has 5 heteroatoms. The van der Waals surface area contributed by atoms with Gasteiger partial charge in [0, 0.05) is 5.75 Å². The second-order valence-electron chi connectivity index (χ2n) is 1.99. The van der Waals surface area contributed by atoms with E-state index in [4.69, 9.17) is 4.18 Å². The van der Waals surface area contributed by atoms with Gasteiger partial charge in [-0.3, -0.25) is 4.18 Å². The SMILES string of the molecule is C=CCOOSOCC=CSCC=C. The summed E-state index contributed by atoms with van der Waals surface area (Å²) in [7, 11) is 0. The van der Waals surface area contributed by atoms with Crippen molar-refractivity contribution >= 4 is 24.1 Å². The van der Waals surface area contributed by atoms with E-state index >= 15 is 0 Å². The van der Waals surface area contributed by atoms with Gasteiger partial charge in [0.05, 0.1) is 6.61 Å². The molecule has 0 fully saturated rings. The van der Waals surface area contributed by atoms with Crippen LogP contribution in [0.4, 0.5) is 0 Å². The predicted molar refractivity (Wildman–Crippen MR) is 62.6 cm³/mol. The number of rotatable bonds is 10. The van der Waals surface area contributed by atoms with E-state index in [0.717, 1.165) is 18.1 Å². The minimum absolute atomic E-state index is 0.349. The molecule has 0 rings (SSSR count). The summed E-state index contributed by atoms with van der Waals surface area (Å²) in [4.78, 5) is 4.61. The van der Waals surface area contributed by atoms with Gasteiger partial charge in [-0.15, -0.1) is 29.3 Å². The van der Waals surface area contributed by atoms with Crippen LogP contribution in [0.25, 0.3) is 0 Å². The minimum Gasteiger partial charge on any atom is -0.285 e. The first-order chi connectivity index (χ1) is 6.91. The van der Waals surface area contributed by atoms with Gasteiger partial charge in [0.15, 0.2) is 12.3 Å². The molecule has 0 bridgehead atoms. The van der Waals surface area contributed by atoms with Crippen molar-refractivity contribution in [2.24, 2.45) is 0 Å². The van der Waals surface area contributed by atoms with Crippen LogP contribution >= 0.6 is 24.1 Å². The summed E-state index contributed by atoms with van der Waals surface area (Å²) < 4.78 is 9.54. The van der Waals surface area contributed by atoms with Gasteiger partial charge in [0.1, 0.15) is 6.61 Å². The molecule has 80 valence electrons. The van der Waals surface area contributed by atoms with Crippen molar-refractivity contribution in [3.05, 3.63) is 36.8 Å². The third-order valence-corrected chi connectivity index (χ3v) is 2.08. The number of thioether (sulfide) groups is 1. The van der Waals surface area contributed by atoms with Gasteiger partial charge in [0.2, 0.25) is 0 Å².